The molecule has 7 heteroatoms. The van der Waals surface area contributed by atoms with Crippen molar-refractivity contribution in [3.05, 3.63) is 28.8 Å². The Balaban J connectivity index is 2.76. The number of carbonyl (C=O) groups is 2. The van der Waals surface area contributed by atoms with Crippen LogP contribution in [0.5, 0.6) is 0 Å². The number of imide groups is 1. The minimum atomic E-state index is -0.823. The van der Waals surface area contributed by atoms with Crippen molar-refractivity contribution in [1.29, 1.82) is 5.26 Å². The summed E-state index contributed by atoms with van der Waals surface area (Å²) in [5.74, 6) is -0.623. The predicted octanol–water partition coefficient (Wildman–Crippen LogP) is 2.49. The molecule has 0 saturated carbocycles. The van der Waals surface area contributed by atoms with E-state index in [0.717, 1.165) is 0 Å². The molecule has 0 aromatic heterocycles. The Morgan fingerprint density at radius 1 is 1.44 bits per heavy atom. The van der Waals surface area contributed by atoms with Crippen LogP contribution in [-0.2, 0) is 4.79 Å². The number of nitrogens with one attached hydrogen (secondary N) is 2. The summed E-state index contributed by atoms with van der Waals surface area (Å²) in [6, 6.07) is 5.53. The van der Waals surface area contributed by atoms with Gasteiger partial charge in [0.1, 0.15) is 5.38 Å². The molecule has 1 rings (SSSR count). The summed E-state index contributed by atoms with van der Waals surface area (Å²) in [7, 11) is 0. The number of halogens is 2. The van der Waals surface area contributed by atoms with Gasteiger partial charge in [0, 0.05) is 0 Å². The SMILES string of the molecule is CC(Cl)C(=O)NC(=O)Nc1cc(C#N)ccc1Cl. The summed E-state index contributed by atoms with van der Waals surface area (Å²) in [5, 5.41) is 12.5. The van der Waals surface area contributed by atoms with Crippen molar-refractivity contribution in [2.45, 2.75) is 12.3 Å². The van der Waals surface area contributed by atoms with Crippen molar-refractivity contribution in [2.75, 3.05) is 5.32 Å². The number of hydrogen-bond acceptors (Lipinski definition) is 3. The van der Waals surface area contributed by atoms with Crippen molar-refractivity contribution < 1.29 is 9.59 Å². The number of rotatable bonds is 2. The minimum Gasteiger partial charge on any atom is -0.306 e. The predicted molar refractivity (Wildman–Crippen MR) is 68.6 cm³/mol. The van der Waals surface area contributed by atoms with Crippen LogP contribution in [0.25, 0.3) is 0 Å². The lowest BCUT2D eigenvalue weighted by Gasteiger charge is -2.09. The Labute approximate surface area is 114 Å². The molecule has 0 bridgehead atoms. The van der Waals surface area contributed by atoms with E-state index in [1.54, 1.807) is 0 Å². The van der Waals surface area contributed by atoms with Crippen molar-refractivity contribution in [3.8, 4) is 6.07 Å². The standard InChI is InChI=1S/C11H9Cl2N3O2/c1-6(12)10(17)16-11(18)15-9-4-7(5-14)2-3-8(9)13/h2-4,6H,1H3,(H2,15,16,17,18). The number of benzene rings is 1. The van der Waals surface area contributed by atoms with E-state index in [4.69, 9.17) is 28.5 Å². The number of nitrogens with zero attached hydrogens (tertiary/aromatic N) is 1. The molecule has 1 aromatic carbocycles. The van der Waals surface area contributed by atoms with E-state index >= 15 is 0 Å². The van der Waals surface area contributed by atoms with E-state index in [2.05, 4.69) is 5.32 Å². The quantitative estimate of drug-likeness (QED) is 0.819. The smallest absolute Gasteiger partial charge is 0.306 e. The Hall–Kier alpha value is -1.77. The van der Waals surface area contributed by atoms with Gasteiger partial charge in [-0.2, -0.15) is 5.26 Å². The molecule has 0 aliphatic heterocycles. The second kappa shape index (κ2) is 6.24. The van der Waals surface area contributed by atoms with Gasteiger partial charge >= 0.3 is 6.03 Å². The van der Waals surface area contributed by atoms with Crippen LogP contribution < -0.4 is 10.6 Å². The molecule has 3 amide bonds. The van der Waals surface area contributed by atoms with E-state index in [0.29, 0.717) is 5.56 Å². The highest BCUT2D eigenvalue weighted by molar-refractivity contribution is 6.34. The lowest BCUT2D eigenvalue weighted by atomic mass is 10.2. The van der Waals surface area contributed by atoms with Crippen LogP contribution in [0.1, 0.15) is 12.5 Å². The third-order valence-electron chi connectivity index (χ3n) is 1.94. The van der Waals surface area contributed by atoms with Crippen molar-refractivity contribution in [3.63, 3.8) is 0 Å². The molecule has 0 fully saturated rings. The topological polar surface area (TPSA) is 82.0 Å². The highest BCUT2D eigenvalue weighted by atomic mass is 35.5. The van der Waals surface area contributed by atoms with E-state index in [-0.39, 0.29) is 10.7 Å². The summed E-state index contributed by atoms with van der Waals surface area (Å²) >= 11 is 11.3. The largest absolute Gasteiger partial charge is 0.325 e. The number of amides is 3. The van der Waals surface area contributed by atoms with Gasteiger partial charge in [0.05, 0.1) is 22.3 Å². The van der Waals surface area contributed by atoms with Gasteiger partial charge in [0.2, 0.25) is 5.91 Å². The molecule has 0 aliphatic carbocycles. The average molecular weight is 286 g/mol. The van der Waals surface area contributed by atoms with Crippen LogP contribution in [0.2, 0.25) is 5.02 Å². The normalized spacial score (nSPS) is 11.2. The molecule has 1 atom stereocenters. The Morgan fingerprint density at radius 2 is 2.11 bits per heavy atom. The molecule has 94 valence electrons. The zero-order valence-corrected chi connectivity index (χ0v) is 10.8. The summed E-state index contributed by atoms with van der Waals surface area (Å²) < 4.78 is 0. The highest BCUT2D eigenvalue weighted by Crippen LogP contribution is 2.22. The monoisotopic (exact) mass is 285 g/mol. The molecule has 2 N–H and O–H groups in total. The maximum atomic E-state index is 11.4. The van der Waals surface area contributed by atoms with Crippen LogP contribution in [0.3, 0.4) is 0 Å². The molecular formula is C11H9Cl2N3O2. The highest BCUT2D eigenvalue weighted by Gasteiger charge is 2.14. The summed E-state index contributed by atoms with van der Waals surface area (Å²) in [6.45, 7) is 1.44. The van der Waals surface area contributed by atoms with Crippen molar-refractivity contribution >= 4 is 40.8 Å². The molecule has 0 saturated heterocycles. The van der Waals surface area contributed by atoms with Crippen molar-refractivity contribution in [1.82, 2.24) is 5.32 Å². The minimum absolute atomic E-state index is 0.239. The number of anilines is 1. The number of alkyl halides is 1. The maximum absolute atomic E-state index is 11.4. The molecular weight excluding hydrogens is 277 g/mol. The van der Waals surface area contributed by atoms with Gasteiger partial charge in [-0.05, 0) is 25.1 Å². The van der Waals surface area contributed by atoms with E-state index in [1.165, 1.54) is 25.1 Å². The number of nitriles is 1. The molecule has 0 heterocycles. The van der Waals surface area contributed by atoms with Gasteiger partial charge in [-0.15, -0.1) is 11.6 Å². The molecule has 1 aromatic rings. The first kappa shape index (κ1) is 14.3. The third kappa shape index (κ3) is 3.91. The lowest BCUT2D eigenvalue weighted by Crippen LogP contribution is -2.38. The van der Waals surface area contributed by atoms with Gasteiger partial charge in [-0.3, -0.25) is 10.1 Å². The lowest BCUT2D eigenvalue weighted by molar-refractivity contribution is -0.119. The average Bonchev–Trinajstić information content (AvgIpc) is 2.31. The third-order valence-corrected chi connectivity index (χ3v) is 2.47. The van der Waals surface area contributed by atoms with Crippen molar-refractivity contribution in [2.24, 2.45) is 0 Å². The van der Waals surface area contributed by atoms with E-state index in [1.807, 2.05) is 11.4 Å². The number of hydrogen-bond donors (Lipinski definition) is 2. The second-order valence-corrected chi connectivity index (χ2v) is 4.43. The molecule has 0 spiro atoms. The summed E-state index contributed by atoms with van der Waals surface area (Å²) in [5.41, 5.74) is 0.579. The number of carbonyl (C=O) groups excluding carboxylic acids is 2. The van der Waals surface area contributed by atoms with Gasteiger partial charge in [-0.1, -0.05) is 11.6 Å². The van der Waals surface area contributed by atoms with Gasteiger partial charge < -0.3 is 5.32 Å². The zero-order valence-electron chi connectivity index (χ0n) is 9.33. The van der Waals surface area contributed by atoms with Crippen LogP contribution in [0.4, 0.5) is 10.5 Å². The summed E-state index contributed by atoms with van der Waals surface area (Å²) in [4.78, 5) is 22.6. The molecule has 0 aliphatic rings. The zero-order chi connectivity index (χ0) is 13.7. The second-order valence-electron chi connectivity index (χ2n) is 3.37. The van der Waals surface area contributed by atoms with E-state index in [9.17, 15) is 9.59 Å². The fourth-order valence-electron chi connectivity index (χ4n) is 1.06. The fraction of sp³-hybridized carbons (Fsp3) is 0.182. The summed E-state index contributed by atoms with van der Waals surface area (Å²) in [6.07, 6.45) is 0. The van der Waals surface area contributed by atoms with Crippen LogP contribution in [-0.4, -0.2) is 17.3 Å². The van der Waals surface area contributed by atoms with Crippen LogP contribution in [0, 0.1) is 11.3 Å². The first-order valence-electron chi connectivity index (χ1n) is 4.89. The first-order valence-corrected chi connectivity index (χ1v) is 5.71. The maximum Gasteiger partial charge on any atom is 0.325 e. The van der Waals surface area contributed by atoms with E-state index < -0.39 is 17.3 Å². The number of urea groups is 1. The van der Waals surface area contributed by atoms with Crippen LogP contribution in [0.15, 0.2) is 18.2 Å². The Bertz CT molecular complexity index is 524. The molecule has 5 nitrogen and oxygen atoms in total. The van der Waals surface area contributed by atoms with Gasteiger partial charge in [0.15, 0.2) is 0 Å². The molecule has 1 unspecified atom stereocenters. The first-order chi connectivity index (χ1) is 8.43. The molecule has 18 heavy (non-hydrogen) atoms. The van der Waals surface area contributed by atoms with Gasteiger partial charge in [-0.25, -0.2) is 4.79 Å². The van der Waals surface area contributed by atoms with Gasteiger partial charge in [0.25, 0.3) is 0 Å². The Kier molecular flexibility index (Phi) is 4.95. The fourth-order valence-corrected chi connectivity index (χ4v) is 1.27. The Morgan fingerprint density at radius 3 is 2.67 bits per heavy atom. The molecule has 0 radical (unpaired) electrons. The van der Waals surface area contributed by atoms with Crippen LogP contribution >= 0.6 is 23.2 Å².